The summed E-state index contributed by atoms with van der Waals surface area (Å²) in [6.07, 6.45) is 0. The number of benzene rings is 2. The monoisotopic (exact) mass is 427 g/mol. The topological polar surface area (TPSA) is 21.6 Å². The minimum atomic E-state index is -0.579. The van der Waals surface area contributed by atoms with Gasteiger partial charge >= 0.3 is 0 Å². The Morgan fingerprint density at radius 1 is 1.00 bits per heavy atom. The number of aliphatic imine (C=N–C) groups is 1. The van der Waals surface area contributed by atoms with Gasteiger partial charge in [-0.1, -0.05) is 44.0 Å². The SMILES string of the molecule is ClC[C@@]1(c2ccc(Br)cc2)CN=C(c2ccc(Br)cc2)O1. The van der Waals surface area contributed by atoms with Crippen molar-refractivity contribution in [3.8, 4) is 0 Å². The van der Waals surface area contributed by atoms with Crippen molar-refractivity contribution in [3.63, 3.8) is 0 Å². The highest BCUT2D eigenvalue weighted by Crippen LogP contribution is 2.34. The fourth-order valence-electron chi connectivity index (χ4n) is 2.24. The van der Waals surface area contributed by atoms with Crippen LogP contribution in [0.5, 0.6) is 0 Å². The van der Waals surface area contributed by atoms with Gasteiger partial charge < -0.3 is 4.74 Å². The van der Waals surface area contributed by atoms with Crippen molar-refractivity contribution in [1.82, 2.24) is 0 Å². The summed E-state index contributed by atoms with van der Waals surface area (Å²) < 4.78 is 8.20. The van der Waals surface area contributed by atoms with Gasteiger partial charge in [0.1, 0.15) is 0 Å². The van der Waals surface area contributed by atoms with Gasteiger partial charge in [-0.3, -0.25) is 0 Å². The predicted octanol–water partition coefficient (Wildman–Crippen LogP) is 5.12. The van der Waals surface area contributed by atoms with E-state index in [2.05, 4.69) is 36.9 Å². The lowest BCUT2D eigenvalue weighted by molar-refractivity contribution is 0.112. The van der Waals surface area contributed by atoms with E-state index in [1.165, 1.54) is 0 Å². The Labute approximate surface area is 145 Å². The van der Waals surface area contributed by atoms with Crippen molar-refractivity contribution in [3.05, 3.63) is 68.6 Å². The van der Waals surface area contributed by atoms with Gasteiger partial charge in [-0.25, -0.2) is 4.99 Å². The quantitative estimate of drug-likeness (QED) is 0.621. The van der Waals surface area contributed by atoms with Crippen molar-refractivity contribution in [1.29, 1.82) is 0 Å². The zero-order valence-electron chi connectivity index (χ0n) is 11.0. The highest BCUT2D eigenvalue weighted by Gasteiger charge is 2.39. The summed E-state index contributed by atoms with van der Waals surface area (Å²) in [6.45, 7) is 0.531. The maximum Gasteiger partial charge on any atom is 0.217 e. The molecule has 3 rings (SSSR count). The Kier molecular flexibility index (Phi) is 4.38. The first-order valence-electron chi connectivity index (χ1n) is 6.44. The Morgan fingerprint density at radius 2 is 1.57 bits per heavy atom. The second-order valence-electron chi connectivity index (χ2n) is 4.87. The van der Waals surface area contributed by atoms with Crippen LogP contribution in [0.4, 0.5) is 0 Å². The summed E-state index contributed by atoms with van der Waals surface area (Å²) in [5, 5.41) is 0. The molecule has 21 heavy (non-hydrogen) atoms. The van der Waals surface area contributed by atoms with Crippen LogP contribution in [0.15, 0.2) is 62.5 Å². The maximum atomic E-state index is 6.20. The van der Waals surface area contributed by atoms with E-state index in [0.29, 0.717) is 18.3 Å². The number of alkyl halides is 1. The zero-order chi connectivity index (χ0) is 14.9. The van der Waals surface area contributed by atoms with E-state index in [4.69, 9.17) is 16.3 Å². The molecule has 0 bridgehead atoms. The van der Waals surface area contributed by atoms with E-state index < -0.39 is 5.60 Å². The molecule has 0 radical (unpaired) electrons. The number of hydrogen-bond donors (Lipinski definition) is 0. The molecule has 2 aromatic rings. The van der Waals surface area contributed by atoms with Gasteiger partial charge in [0, 0.05) is 14.5 Å². The normalized spacial score (nSPS) is 21.0. The average Bonchev–Trinajstić information content (AvgIpc) is 2.94. The smallest absolute Gasteiger partial charge is 0.217 e. The molecule has 1 atom stereocenters. The van der Waals surface area contributed by atoms with Gasteiger partial charge in [-0.2, -0.15) is 0 Å². The van der Waals surface area contributed by atoms with E-state index in [1.807, 2.05) is 48.5 Å². The molecule has 0 fully saturated rings. The average molecular weight is 430 g/mol. The lowest BCUT2D eigenvalue weighted by Crippen LogP contribution is -2.32. The summed E-state index contributed by atoms with van der Waals surface area (Å²) in [4.78, 5) is 4.54. The third-order valence-electron chi connectivity index (χ3n) is 3.45. The van der Waals surface area contributed by atoms with Gasteiger partial charge in [-0.05, 0) is 42.0 Å². The molecule has 1 heterocycles. The first kappa shape index (κ1) is 15.1. The van der Waals surface area contributed by atoms with Crippen molar-refractivity contribution in [2.75, 3.05) is 12.4 Å². The standard InChI is InChI=1S/C16H12Br2ClNO/c17-13-5-1-11(2-6-13)15-20-10-16(9-19,21-15)12-3-7-14(18)8-4-12/h1-8H,9-10H2/t16-/m0/s1. The molecule has 5 heteroatoms. The summed E-state index contributed by atoms with van der Waals surface area (Å²) in [5.74, 6) is 1.00. The molecule has 2 nitrogen and oxygen atoms in total. The number of ether oxygens (including phenoxy) is 1. The number of hydrogen-bond acceptors (Lipinski definition) is 2. The molecule has 0 N–H and O–H groups in total. The van der Waals surface area contributed by atoms with E-state index in [1.54, 1.807) is 0 Å². The Morgan fingerprint density at radius 3 is 2.14 bits per heavy atom. The van der Waals surface area contributed by atoms with Gasteiger partial charge in [0.15, 0.2) is 5.60 Å². The molecule has 0 spiro atoms. The first-order chi connectivity index (χ1) is 10.1. The van der Waals surface area contributed by atoms with Crippen LogP contribution in [0.25, 0.3) is 0 Å². The predicted molar refractivity (Wildman–Crippen MR) is 93.2 cm³/mol. The lowest BCUT2D eigenvalue weighted by atomic mass is 9.96. The van der Waals surface area contributed by atoms with E-state index in [-0.39, 0.29) is 0 Å². The lowest BCUT2D eigenvalue weighted by Gasteiger charge is -2.26. The fourth-order valence-corrected chi connectivity index (χ4v) is 3.06. The molecule has 0 saturated carbocycles. The molecule has 0 saturated heterocycles. The summed E-state index contributed by atoms with van der Waals surface area (Å²) in [5.41, 5.74) is 1.42. The second-order valence-corrected chi connectivity index (χ2v) is 6.96. The van der Waals surface area contributed by atoms with Crippen molar-refractivity contribution in [2.45, 2.75) is 5.60 Å². The molecule has 0 aromatic heterocycles. The number of halogens is 3. The van der Waals surface area contributed by atoms with E-state index in [9.17, 15) is 0 Å². The molecule has 0 unspecified atom stereocenters. The Balaban J connectivity index is 1.88. The van der Waals surface area contributed by atoms with Crippen LogP contribution in [0, 0.1) is 0 Å². The fraction of sp³-hybridized carbons (Fsp3) is 0.188. The highest BCUT2D eigenvalue weighted by atomic mass is 79.9. The third kappa shape index (κ3) is 3.03. The van der Waals surface area contributed by atoms with Gasteiger partial charge in [0.2, 0.25) is 5.90 Å². The summed E-state index contributed by atoms with van der Waals surface area (Å²) >= 11 is 13.1. The molecule has 1 aliphatic rings. The maximum absolute atomic E-state index is 6.20. The van der Waals surface area contributed by atoms with Crippen LogP contribution in [0.3, 0.4) is 0 Å². The zero-order valence-corrected chi connectivity index (χ0v) is 15.0. The first-order valence-corrected chi connectivity index (χ1v) is 8.56. The molecular weight excluding hydrogens is 417 g/mol. The van der Waals surface area contributed by atoms with Crippen LogP contribution in [-0.2, 0) is 10.3 Å². The van der Waals surface area contributed by atoms with Crippen LogP contribution in [-0.4, -0.2) is 18.3 Å². The summed E-state index contributed by atoms with van der Waals surface area (Å²) in [6, 6.07) is 15.9. The molecule has 0 amide bonds. The van der Waals surface area contributed by atoms with Crippen LogP contribution in [0.2, 0.25) is 0 Å². The minimum absolute atomic E-state index is 0.359. The van der Waals surface area contributed by atoms with Crippen LogP contribution < -0.4 is 0 Å². The molecule has 0 aliphatic carbocycles. The van der Waals surface area contributed by atoms with E-state index in [0.717, 1.165) is 20.1 Å². The van der Waals surface area contributed by atoms with E-state index >= 15 is 0 Å². The molecule has 2 aromatic carbocycles. The molecule has 1 aliphatic heterocycles. The van der Waals surface area contributed by atoms with Crippen LogP contribution in [0.1, 0.15) is 11.1 Å². The minimum Gasteiger partial charge on any atom is -0.463 e. The van der Waals surface area contributed by atoms with Crippen molar-refractivity contribution < 1.29 is 4.74 Å². The largest absolute Gasteiger partial charge is 0.463 e. The van der Waals surface area contributed by atoms with Gasteiger partial charge in [0.25, 0.3) is 0 Å². The Bertz CT molecular complexity index is 670. The van der Waals surface area contributed by atoms with Crippen molar-refractivity contribution >= 4 is 49.4 Å². The third-order valence-corrected chi connectivity index (χ3v) is 4.94. The van der Waals surface area contributed by atoms with Gasteiger partial charge in [0.05, 0.1) is 12.4 Å². The highest BCUT2D eigenvalue weighted by molar-refractivity contribution is 9.10. The summed E-state index contributed by atoms with van der Waals surface area (Å²) in [7, 11) is 0. The van der Waals surface area contributed by atoms with Gasteiger partial charge in [-0.15, -0.1) is 11.6 Å². The number of nitrogens with zero attached hydrogens (tertiary/aromatic N) is 1. The molecular formula is C16H12Br2ClNO. The number of rotatable bonds is 3. The van der Waals surface area contributed by atoms with Crippen LogP contribution >= 0.6 is 43.5 Å². The van der Waals surface area contributed by atoms with Crippen molar-refractivity contribution in [2.24, 2.45) is 4.99 Å². The second kappa shape index (κ2) is 6.11. The Hall–Kier alpha value is -0.840. The molecule has 108 valence electrons.